The van der Waals surface area contributed by atoms with E-state index in [0.29, 0.717) is 5.56 Å². The second kappa shape index (κ2) is 5.61. The number of rotatable bonds is 4. The zero-order valence-electron chi connectivity index (χ0n) is 10.0. The molecule has 2 unspecified atom stereocenters. The van der Waals surface area contributed by atoms with Gasteiger partial charge in [-0.3, -0.25) is 9.78 Å². The first kappa shape index (κ1) is 12.6. The maximum atomic E-state index is 11.8. The summed E-state index contributed by atoms with van der Waals surface area (Å²) in [5, 5.41) is 2.89. The monoisotopic (exact) mass is 221 g/mol. The van der Waals surface area contributed by atoms with Crippen LogP contribution in [-0.4, -0.2) is 23.0 Å². The molecule has 0 fully saturated rings. The fourth-order valence-corrected chi connectivity index (χ4v) is 1.53. The summed E-state index contributed by atoms with van der Waals surface area (Å²) in [6.07, 6.45) is 2.36. The van der Waals surface area contributed by atoms with Crippen LogP contribution >= 0.6 is 0 Å². The van der Waals surface area contributed by atoms with Crippen LogP contribution in [0.1, 0.15) is 36.3 Å². The smallest absolute Gasteiger partial charge is 0.253 e. The Bertz CT molecular complexity index is 346. The molecular weight excluding hydrogens is 202 g/mol. The highest BCUT2D eigenvalue weighted by Crippen LogP contribution is 2.01. The van der Waals surface area contributed by atoms with Crippen LogP contribution in [0.4, 0.5) is 0 Å². The summed E-state index contributed by atoms with van der Waals surface area (Å²) in [4.78, 5) is 15.8. The average Bonchev–Trinajstić information content (AvgIpc) is 2.16. The third-order valence-corrected chi connectivity index (χ3v) is 2.28. The highest BCUT2D eigenvalue weighted by Gasteiger charge is 2.10. The van der Waals surface area contributed by atoms with E-state index in [1.165, 1.54) is 0 Å². The summed E-state index contributed by atoms with van der Waals surface area (Å²) >= 11 is 0. The Morgan fingerprint density at radius 3 is 2.69 bits per heavy atom. The Morgan fingerprint density at radius 1 is 1.50 bits per heavy atom. The van der Waals surface area contributed by atoms with E-state index in [1.807, 2.05) is 26.8 Å². The molecule has 0 aliphatic carbocycles. The zero-order chi connectivity index (χ0) is 12.1. The molecule has 1 heterocycles. The molecule has 0 aliphatic rings. The molecule has 0 aromatic carbocycles. The first-order valence-electron chi connectivity index (χ1n) is 5.48. The highest BCUT2D eigenvalue weighted by atomic mass is 16.1. The second-order valence-corrected chi connectivity index (χ2v) is 4.28. The minimum Gasteiger partial charge on any atom is -0.349 e. The lowest BCUT2D eigenvalue weighted by Gasteiger charge is -2.15. The van der Waals surface area contributed by atoms with Gasteiger partial charge >= 0.3 is 0 Å². The molecule has 1 amide bonds. The molecule has 0 radical (unpaired) electrons. The van der Waals surface area contributed by atoms with Gasteiger partial charge in [0.05, 0.1) is 5.56 Å². The molecule has 0 aliphatic heterocycles. The van der Waals surface area contributed by atoms with Crippen LogP contribution in [0.25, 0.3) is 0 Å². The molecule has 1 aromatic rings. The van der Waals surface area contributed by atoms with Gasteiger partial charge in [0, 0.05) is 24.0 Å². The number of carbonyl (C=O) groups excluding carboxylic acids is 1. The van der Waals surface area contributed by atoms with Crippen LogP contribution in [0.3, 0.4) is 0 Å². The van der Waals surface area contributed by atoms with Gasteiger partial charge in [-0.1, -0.05) is 0 Å². The summed E-state index contributed by atoms with van der Waals surface area (Å²) in [6, 6.07) is 3.77. The van der Waals surface area contributed by atoms with Gasteiger partial charge in [-0.05, 0) is 39.3 Å². The summed E-state index contributed by atoms with van der Waals surface area (Å²) in [7, 11) is 0. The SMILES string of the molecule is Cc1ccc(C(=O)NC(C)CC(C)N)cn1. The summed E-state index contributed by atoms with van der Waals surface area (Å²) in [5.41, 5.74) is 7.15. The largest absolute Gasteiger partial charge is 0.349 e. The van der Waals surface area contributed by atoms with Crippen molar-refractivity contribution in [1.29, 1.82) is 0 Å². The van der Waals surface area contributed by atoms with Crippen molar-refractivity contribution >= 4 is 5.91 Å². The molecule has 0 saturated carbocycles. The van der Waals surface area contributed by atoms with E-state index in [2.05, 4.69) is 10.3 Å². The van der Waals surface area contributed by atoms with Crippen LogP contribution < -0.4 is 11.1 Å². The van der Waals surface area contributed by atoms with Crippen molar-refractivity contribution in [3.8, 4) is 0 Å². The number of hydrogen-bond donors (Lipinski definition) is 2. The van der Waals surface area contributed by atoms with E-state index in [1.54, 1.807) is 12.3 Å². The molecule has 88 valence electrons. The Balaban J connectivity index is 2.55. The lowest BCUT2D eigenvalue weighted by Crippen LogP contribution is -2.36. The van der Waals surface area contributed by atoms with Crippen LogP contribution in [0, 0.1) is 6.92 Å². The van der Waals surface area contributed by atoms with Crippen molar-refractivity contribution in [1.82, 2.24) is 10.3 Å². The lowest BCUT2D eigenvalue weighted by molar-refractivity contribution is 0.0937. The number of amides is 1. The lowest BCUT2D eigenvalue weighted by atomic mass is 10.1. The van der Waals surface area contributed by atoms with Crippen molar-refractivity contribution in [2.24, 2.45) is 5.73 Å². The number of nitrogens with one attached hydrogen (secondary N) is 1. The Hall–Kier alpha value is -1.42. The first-order chi connectivity index (χ1) is 7.49. The van der Waals surface area contributed by atoms with Crippen LogP contribution in [0.2, 0.25) is 0 Å². The van der Waals surface area contributed by atoms with Crippen molar-refractivity contribution in [3.63, 3.8) is 0 Å². The number of nitrogens with two attached hydrogens (primary N) is 1. The molecule has 0 bridgehead atoms. The van der Waals surface area contributed by atoms with Gasteiger partial charge in [0.2, 0.25) is 0 Å². The first-order valence-corrected chi connectivity index (χ1v) is 5.48. The number of pyridine rings is 1. The van der Waals surface area contributed by atoms with Crippen molar-refractivity contribution in [2.45, 2.75) is 39.3 Å². The number of aryl methyl sites for hydroxylation is 1. The number of carbonyl (C=O) groups is 1. The number of hydrogen-bond acceptors (Lipinski definition) is 3. The van der Waals surface area contributed by atoms with Gasteiger partial charge in [-0.2, -0.15) is 0 Å². The van der Waals surface area contributed by atoms with Crippen molar-refractivity contribution in [3.05, 3.63) is 29.6 Å². The molecule has 0 spiro atoms. The minimum absolute atomic E-state index is 0.0776. The summed E-state index contributed by atoms with van der Waals surface area (Å²) in [5.74, 6) is -0.0966. The molecular formula is C12H19N3O. The zero-order valence-corrected chi connectivity index (χ0v) is 10.0. The molecule has 0 saturated heterocycles. The third kappa shape index (κ3) is 3.98. The third-order valence-electron chi connectivity index (χ3n) is 2.28. The summed E-state index contributed by atoms with van der Waals surface area (Å²) in [6.45, 7) is 5.76. The minimum atomic E-state index is -0.0966. The maximum absolute atomic E-state index is 11.8. The molecule has 16 heavy (non-hydrogen) atoms. The van der Waals surface area contributed by atoms with Gasteiger partial charge < -0.3 is 11.1 Å². The topological polar surface area (TPSA) is 68.0 Å². The van der Waals surface area contributed by atoms with E-state index >= 15 is 0 Å². The van der Waals surface area contributed by atoms with Gasteiger partial charge in [0.1, 0.15) is 0 Å². The fraction of sp³-hybridized carbons (Fsp3) is 0.500. The van der Waals surface area contributed by atoms with Crippen molar-refractivity contribution < 1.29 is 4.79 Å². The molecule has 4 nitrogen and oxygen atoms in total. The fourth-order valence-electron chi connectivity index (χ4n) is 1.53. The maximum Gasteiger partial charge on any atom is 0.253 e. The molecule has 1 rings (SSSR count). The normalized spacial score (nSPS) is 14.2. The van der Waals surface area contributed by atoms with E-state index in [9.17, 15) is 4.79 Å². The quantitative estimate of drug-likeness (QED) is 0.804. The molecule has 1 aromatic heterocycles. The van der Waals surface area contributed by atoms with E-state index in [4.69, 9.17) is 5.73 Å². The van der Waals surface area contributed by atoms with Gasteiger partial charge in [0.25, 0.3) is 5.91 Å². The predicted molar refractivity (Wildman–Crippen MR) is 64.2 cm³/mol. The van der Waals surface area contributed by atoms with Gasteiger partial charge in [0.15, 0.2) is 0 Å². The van der Waals surface area contributed by atoms with Gasteiger partial charge in [-0.15, -0.1) is 0 Å². The second-order valence-electron chi connectivity index (χ2n) is 4.28. The van der Waals surface area contributed by atoms with E-state index in [-0.39, 0.29) is 18.0 Å². The number of aromatic nitrogens is 1. The van der Waals surface area contributed by atoms with Crippen molar-refractivity contribution in [2.75, 3.05) is 0 Å². The highest BCUT2D eigenvalue weighted by molar-refractivity contribution is 5.94. The van der Waals surface area contributed by atoms with E-state index in [0.717, 1.165) is 12.1 Å². The van der Waals surface area contributed by atoms with Gasteiger partial charge in [-0.25, -0.2) is 0 Å². The van der Waals surface area contributed by atoms with E-state index < -0.39 is 0 Å². The summed E-state index contributed by atoms with van der Waals surface area (Å²) < 4.78 is 0. The standard InChI is InChI=1S/C12H19N3O/c1-8(13)6-10(3)15-12(16)11-5-4-9(2)14-7-11/h4-5,7-8,10H,6,13H2,1-3H3,(H,15,16). The van der Waals surface area contributed by atoms with Crippen LogP contribution in [0.5, 0.6) is 0 Å². The molecule has 3 N–H and O–H groups in total. The predicted octanol–water partition coefficient (Wildman–Crippen LogP) is 1.25. The Morgan fingerprint density at radius 2 is 2.19 bits per heavy atom. The average molecular weight is 221 g/mol. The molecule has 2 atom stereocenters. The molecule has 4 heteroatoms. The number of nitrogens with zero attached hydrogens (tertiary/aromatic N) is 1. The Kier molecular flexibility index (Phi) is 4.43. The van der Waals surface area contributed by atoms with Crippen LogP contribution in [-0.2, 0) is 0 Å². The Labute approximate surface area is 96.3 Å². The van der Waals surface area contributed by atoms with Crippen LogP contribution in [0.15, 0.2) is 18.3 Å².